The maximum Gasteiger partial charge on any atom is 0.310 e. The molecule has 0 amide bonds. The van der Waals surface area contributed by atoms with Gasteiger partial charge in [-0.2, -0.15) is 0 Å². The number of fused-ring (bicyclic) bond motifs is 1. The van der Waals surface area contributed by atoms with Crippen LogP contribution in [0.5, 0.6) is 0 Å². The van der Waals surface area contributed by atoms with Crippen LogP contribution in [0.3, 0.4) is 0 Å². The molecular weight excluding hydrogens is 312 g/mol. The van der Waals surface area contributed by atoms with Gasteiger partial charge in [0.2, 0.25) is 10.0 Å². The van der Waals surface area contributed by atoms with Crippen molar-refractivity contribution in [1.82, 2.24) is 8.87 Å². The Morgan fingerprint density at radius 1 is 1.14 bits per heavy atom. The van der Waals surface area contributed by atoms with Crippen molar-refractivity contribution in [2.75, 3.05) is 18.8 Å². The fraction of sp³-hybridized carbons (Fsp3) is 0.385. The lowest BCUT2D eigenvalue weighted by atomic mass is 10.3. The van der Waals surface area contributed by atoms with Crippen molar-refractivity contribution >= 4 is 31.4 Å². The Labute approximate surface area is 125 Å². The van der Waals surface area contributed by atoms with E-state index in [0.717, 1.165) is 15.9 Å². The van der Waals surface area contributed by atoms with E-state index in [0.29, 0.717) is 23.1 Å². The van der Waals surface area contributed by atoms with Crippen molar-refractivity contribution in [1.29, 1.82) is 0 Å². The van der Waals surface area contributed by atoms with Crippen molar-refractivity contribution in [3.05, 3.63) is 44.3 Å². The highest BCUT2D eigenvalue weighted by Crippen LogP contribution is 2.13. The molecule has 0 atom stereocenters. The molecule has 0 aliphatic carbocycles. The Hall–Kier alpha value is -1.51. The fourth-order valence-corrected chi connectivity index (χ4v) is 4.86. The standard InChI is InChI=1S/C13H14N2O4S2/c16-12-10-4-1-2-5-11(10)20-13(17)15(12)8-7-14-6-3-9-21(14,18)19/h1-2,4-5H,3,6-9H2. The summed E-state index contributed by atoms with van der Waals surface area (Å²) in [6.45, 7) is 0.725. The number of aromatic nitrogens is 1. The van der Waals surface area contributed by atoms with Crippen LogP contribution in [0.15, 0.2) is 33.9 Å². The lowest BCUT2D eigenvalue weighted by molar-refractivity contribution is 0.416. The van der Waals surface area contributed by atoms with Crippen molar-refractivity contribution < 1.29 is 8.42 Å². The Morgan fingerprint density at radius 2 is 1.90 bits per heavy atom. The van der Waals surface area contributed by atoms with Gasteiger partial charge in [-0.3, -0.25) is 14.2 Å². The second kappa shape index (κ2) is 5.36. The Kier molecular flexibility index (Phi) is 3.68. The van der Waals surface area contributed by atoms with Crippen LogP contribution >= 0.6 is 11.3 Å². The highest BCUT2D eigenvalue weighted by atomic mass is 32.2. The minimum absolute atomic E-state index is 0.0955. The quantitative estimate of drug-likeness (QED) is 0.821. The topological polar surface area (TPSA) is 76.5 Å². The molecule has 1 aliphatic heterocycles. The highest BCUT2D eigenvalue weighted by Gasteiger charge is 2.27. The molecule has 2 aromatic rings. The molecule has 2 heterocycles. The molecule has 0 unspecified atom stereocenters. The first-order valence-electron chi connectivity index (χ1n) is 6.59. The molecule has 0 N–H and O–H groups in total. The van der Waals surface area contributed by atoms with E-state index in [9.17, 15) is 18.0 Å². The number of nitrogens with zero attached hydrogens (tertiary/aromatic N) is 2. The zero-order chi connectivity index (χ0) is 15.0. The second-order valence-corrected chi connectivity index (χ2v) is 7.97. The molecule has 112 valence electrons. The molecule has 1 fully saturated rings. The van der Waals surface area contributed by atoms with Gasteiger partial charge in [0.25, 0.3) is 5.56 Å². The summed E-state index contributed by atoms with van der Waals surface area (Å²) >= 11 is 1.00. The van der Waals surface area contributed by atoms with E-state index < -0.39 is 10.0 Å². The largest absolute Gasteiger partial charge is 0.310 e. The first-order chi connectivity index (χ1) is 9.99. The lowest BCUT2D eigenvalue weighted by Gasteiger charge is -2.14. The minimum Gasteiger partial charge on any atom is -0.269 e. The van der Waals surface area contributed by atoms with Crippen LogP contribution in [-0.4, -0.2) is 36.1 Å². The number of sulfonamides is 1. The van der Waals surface area contributed by atoms with Gasteiger partial charge >= 0.3 is 4.87 Å². The first kappa shape index (κ1) is 14.4. The monoisotopic (exact) mass is 326 g/mol. The predicted octanol–water partition coefficient (Wildman–Crippen LogP) is 0.459. The molecule has 0 bridgehead atoms. The van der Waals surface area contributed by atoms with E-state index in [1.807, 2.05) is 0 Å². The van der Waals surface area contributed by atoms with Crippen LogP contribution in [-0.2, 0) is 16.6 Å². The van der Waals surface area contributed by atoms with Gasteiger partial charge in [0.05, 0.1) is 11.1 Å². The van der Waals surface area contributed by atoms with Gasteiger partial charge in [0.15, 0.2) is 0 Å². The Balaban J connectivity index is 1.95. The molecule has 0 saturated carbocycles. The van der Waals surface area contributed by atoms with Gasteiger partial charge in [-0.1, -0.05) is 23.5 Å². The lowest BCUT2D eigenvalue weighted by Crippen LogP contribution is -2.37. The zero-order valence-electron chi connectivity index (χ0n) is 11.2. The van der Waals surface area contributed by atoms with E-state index in [2.05, 4.69) is 0 Å². The van der Waals surface area contributed by atoms with Crippen molar-refractivity contribution in [3.8, 4) is 0 Å². The Morgan fingerprint density at radius 3 is 2.62 bits per heavy atom. The molecule has 1 aromatic heterocycles. The summed E-state index contributed by atoms with van der Waals surface area (Å²) in [6, 6.07) is 6.93. The fourth-order valence-electron chi connectivity index (χ4n) is 2.46. The summed E-state index contributed by atoms with van der Waals surface area (Å²) in [4.78, 5) is 24.0. The smallest absolute Gasteiger partial charge is 0.269 e. The third kappa shape index (κ3) is 2.66. The molecule has 1 aliphatic rings. The van der Waals surface area contributed by atoms with E-state index in [-0.39, 0.29) is 29.3 Å². The summed E-state index contributed by atoms with van der Waals surface area (Å²) in [5.41, 5.74) is -0.356. The highest BCUT2D eigenvalue weighted by molar-refractivity contribution is 7.89. The number of benzene rings is 1. The van der Waals surface area contributed by atoms with Crippen molar-refractivity contribution in [3.63, 3.8) is 0 Å². The number of hydrogen-bond acceptors (Lipinski definition) is 5. The van der Waals surface area contributed by atoms with E-state index >= 15 is 0 Å². The van der Waals surface area contributed by atoms with E-state index in [1.165, 1.54) is 4.31 Å². The summed E-state index contributed by atoms with van der Waals surface area (Å²) < 4.78 is 26.6. The second-order valence-electron chi connectivity index (χ2n) is 4.89. The van der Waals surface area contributed by atoms with Crippen LogP contribution in [0.2, 0.25) is 0 Å². The van der Waals surface area contributed by atoms with Gasteiger partial charge in [-0.05, 0) is 18.6 Å². The molecule has 0 radical (unpaired) electrons. The summed E-state index contributed by atoms with van der Waals surface area (Å²) in [5, 5.41) is 0.492. The Bertz CT molecular complexity index is 898. The van der Waals surface area contributed by atoms with Gasteiger partial charge < -0.3 is 0 Å². The predicted molar refractivity (Wildman–Crippen MR) is 82.3 cm³/mol. The summed E-state index contributed by atoms with van der Waals surface area (Å²) in [7, 11) is -3.21. The summed E-state index contributed by atoms with van der Waals surface area (Å²) in [5.74, 6) is 0.145. The minimum atomic E-state index is -3.21. The number of hydrogen-bond donors (Lipinski definition) is 0. The van der Waals surface area contributed by atoms with Crippen LogP contribution in [0.1, 0.15) is 6.42 Å². The van der Waals surface area contributed by atoms with Crippen LogP contribution in [0, 0.1) is 0 Å². The molecule has 1 aromatic carbocycles. The molecule has 1 saturated heterocycles. The van der Waals surface area contributed by atoms with Gasteiger partial charge in [-0.25, -0.2) is 12.7 Å². The van der Waals surface area contributed by atoms with Crippen LogP contribution < -0.4 is 10.4 Å². The van der Waals surface area contributed by atoms with Gasteiger partial charge in [0.1, 0.15) is 0 Å². The number of rotatable bonds is 3. The van der Waals surface area contributed by atoms with E-state index in [4.69, 9.17) is 0 Å². The van der Waals surface area contributed by atoms with E-state index in [1.54, 1.807) is 24.3 Å². The average molecular weight is 326 g/mol. The molecule has 21 heavy (non-hydrogen) atoms. The third-order valence-electron chi connectivity index (χ3n) is 3.56. The van der Waals surface area contributed by atoms with Crippen molar-refractivity contribution in [2.24, 2.45) is 0 Å². The molecule has 0 spiro atoms. The summed E-state index contributed by atoms with van der Waals surface area (Å²) in [6.07, 6.45) is 0.599. The third-order valence-corrected chi connectivity index (χ3v) is 6.48. The van der Waals surface area contributed by atoms with Gasteiger partial charge in [-0.15, -0.1) is 0 Å². The normalized spacial score (nSPS) is 18.3. The van der Waals surface area contributed by atoms with Crippen molar-refractivity contribution in [2.45, 2.75) is 13.0 Å². The first-order valence-corrected chi connectivity index (χ1v) is 9.02. The van der Waals surface area contributed by atoms with Crippen LogP contribution in [0.25, 0.3) is 10.1 Å². The zero-order valence-corrected chi connectivity index (χ0v) is 12.8. The maximum absolute atomic E-state index is 12.3. The SMILES string of the molecule is O=c1sc2ccccc2c(=O)n1CCN1CCCS1(=O)=O. The molecule has 6 nitrogen and oxygen atoms in total. The molecule has 8 heteroatoms. The maximum atomic E-state index is 12.3. The average Bonchev–Trinajstić information content (AvgIpc) is 2.77. The molecular formula is C13H14N2O4S2. The van der Waals surface area contributed by atoms with Crippen LogP contribution in [0.4, 0.5) is 0 Å². The molecule has 3 rings (SSSR count). The van der Waals surface area contributed by atoms with Gasteiger partial charge in [0, 0.05) is 24.3 Å².